The Kier molecular flexibility index (Phi) is 5.33. The van der Waals surface area contributed by atoms with Crippen LogP contribution in [0, 0.1) is 5.82 Å². The van der Waals surface area contributed by atoms with Gasteiger partial charge >= 0.3 is 0 Å². The number of aromatic nitrogens is 3. The van der Waals surface area contributed by atoms with E-state index >= 15 is 0 Å². The molecule has 0 atom stereocenters. The highest BCUT2D eigenvalue weighted by atomic mass is 19.1. The minimum absolute atomic E-state index is 0.282. The lowest BCUT2D eigenvalue weighted by molar-refractivity contribution is 0.320. The molecule has 0 radical (unpaired) electrons. The normalized spacial score (nSPS) is 10.9. The van der Waals surface area contributed by atoms with Gasteiger partial charge in [-0.15, -0.1) is 0 Å². The van der Waals surface area contributed by atoms with Crippen LogP contribution in [0.5, 0.6) is 5.75 Å². The Balaban J connectivity index is 1.96. The molecule has 0 spiro atoms. The van der Waals surface area contributed by atoms with Crippen molar-refractivity contribution in [2.24, 2.45) is 0 Å². The van der Waals surface area contributed by atoms with Crippen molar-refractivity contribution >= 4 is 16.7 Å². The lowest BCUT2D eigenvalue weighted by Gasteiger charge is -2.14. The summed E-state index contributed by atoms with van der Waals surface area (Å²) in [5, 5.41) is 3.97. The molecule has 0 amide bonds. The van der Waals surface area contributed by atoms with E-state index in [0.29, 0.717) is 29.5 Å². The number of pyridine rings is 1. The quantitative estimate of drug-likeness (QED) is 0.484. The van der Waals surface area contributed by atoms with E-state index in [9.17, 15) is 4.39 Å². The van der Waals surface area contributed by atoms with Crippen LogP contribution in [0.4, 0.5) is 10.2 Å². The van der Waals surface area contributed by atoms with E-state index in [1.165, 1.54) is 12.1 Å². The van der Waals surface area contributed by atoms with Crippen LogP contribution < -0.4 is 10.1 Å². The fourth-order valence-electron chi connectivity index (χ4n) is 3.17. The minimum Gasteiger partial charge on any atom is -0.491 e. The van der Waals surface area contributed by atoms with Gasteiger partial charge in [0.05, 0.1) is 6.61 Å². The van der Waals surface area contributed by atoms with E-state index in [4.69, 9.17) is 9.72 Å². The average molecular weight is 388 g/mol. The van der Waals surface area contributed by atoms with Gasteiger partial charge in [0.1, 0.15) is 22.9 Å². The van der Waals surface area contributed by atoms with Crippen molar-refractivity contribution in [2.75, 3.05) is 19.0 Å². The number of rotatable bonds is 6. The van der Waals surface area contributed by atoms with Crippen LogP contribution in [0.15, 0.2) is 60.9 Å². The summed E-state index contributed by atoms with van der Waals surface area (Å²) in [5.41, 5.74) is 3.14. The Morgan fingerprint density at radius 1 is 1.00 bits per heavy atom. The molecule has 0 aliphatic carbocycles. The number of hydrogen-bond acceptors (Lipinski definition) is 5. The van der Waals surface area contributed by atoms with Crippen LogP contribution in [0.2, 0.25) is 0 Å². The third-order valence-corrected chi connectivity index (χ3v) is 4.54. The van der Waals surface area contributed by atoms with Crippen molar-refractivity contribution in [1.82, 2.24) is 15.0 Å². The predicted molar refractivity (Wildman–Crippen MR) is 113 cm³/mol. The lowest BCUT2D eigenvalue weighted by Crippen LogP contribution is -2.03. The van der Waals surface area contributed by atoms with E-state index in [1.807, 2.05) is 44.3 Å². The zero-order valence-corrected chi connectivity index (χ0v) is 16.3. The Bertz CT molecular complexity index is 1150. The Morgan fingerprint density at radius 2 is 1.86 bits per heavy atom. The second-order valence-electron chi connectivity index (χ2n) is 6.62. The first-order valence-corrected chi connectivity index (χ1v) is 9.52. The summed E-state index contributed by atoms with van der Waals surface area (Å²) in [7, 11) is 1.82. The highest BCUT2D eigenvalue weighted by Gasteiger charge is 2.15. The van der Waals surface area contributed by atoms with Gasteiger partial charge in [0.15, 0.2) is 5.82 Å². The van der Waals surface area contributed by atoms with E-state index in [2.05, 4.69) is 15.3 Å². The molecule has 2 aromatic carbocycles. The SMILES string of the molecule is CCCOc1cc(-c2cccc(F)c2)cc2c(NC)nc(-c3cccnc3)nc12. The number of hydrogen-bond donors (Lipinski definition) is 1. The fourth-order valence-corrected chi connectivity index (χ4v) is 3.17. The zero-order valence-electron chi connectivity index (χ0n) is 16.3. The third-order valence-electron chi connectivity index (χ3n) is 4.54. The Morgan fingerprint density at radius 3 is 2.59 bits per heavy atom. The summed E-state index contributed by atoms with van der Waals surface area (Å²) in [6.45, 7) is 2.61. The maximum atomic E-state index is 13.8. The molecule has 0 saturated heterocycles. The number of ether oxygens (including phenoxy) is 1. The van der Waals surface area contributed by atoms with E-state index in [1.54, 1.807) is 18.5 Å². The Labute approximate surface area is 168 Å². The van der Waals surface area contributed by atoms with Crippen LogP contribution in [0.3, 0.4) is 0 Å². The molecule has 29 heavy (non-hydrogen) atoms. The largest absolute Gasteiger partial charge is 0.491 e. The van der Waals surface area contributed by atoms with Crippen LogP contribution in [-0.4, -0.2) is 28.6 Å². The first-order valence-electron chi connectivity index (χ1n) is 9.52. The number of nitrogens with one attached hydrogen (secondary N) is 1. The summed E-state index contributed by atoms with van der Waals surface area (Å²) in [6.07, 6.45) is 4.31. The minimum atomic E-state index is -0.282. The number of nitrogens with zero attached hydrogens (tertiary/aromatic N) is 3. The molecule has 0 saturated carbocycles. The maximum Gasteiger partial charge on any atom is 0.163 e. The predicted octanol–water partition coefficient (Wildman–Crippen LogP) is 5.33. The van der Waals surface area contributed by atoms with Crippen LogP contribution in [0.25, 0.3) is 33.4 Å². The molecule has 6 heteroatoms. The molecule has 2 aromatic heterocycles. The van der Waals surface area contributed by atoms with Gasteiger partial charge in [0.2, 0.25) is 0 Å². The van der Waals surface area contributed by atoms with Gasteiger partial charge < -0.3 is 10.1 Å². The lowest BCUT2D eigenvalue weighted by atomic mass is 10.0. The smallest absolute Gasteiger partial charge is 0.163 e. The highest BCUT2D eigenvalue weighted by molar-refractivity contribution is 5.97. The van der Waals surface area contributed by atoms with Crippen molar-refractivity contribution in [3.05, 3.63) is 66.7 Å². The summed E-state index contributed by atoms with van der Waals surface area (Å²) in [6, 6.07) is 14.1. The first-order chi connectivity index (χ1) is 14.2. The van der Waals surface area contributed by atoms with Gasteiger partial charge in [-0.2, -0.15) is 0 Å². The summed E-state index contributed by atoms with van der Waals surface area (Å²) >= 11 is 0. The molecular formula is C23H21FN4O. The van der Waals surface area contributed by atoms with E-state index < -0.39 is 0 Å². The number of benzene rings is 2. The molecular weight excluding hydrogens is 367 g/mol. The van der Waals surface area contributed by atoms with Crippen molar-refractivity contribution in [3.8, 4) is 28.3 Å². The standard InChI is InChI=1S/C23H21FN4O/c1-3-10-29-20-13-17(15-6-4-8-18(24)11-15)12-19-21(20)27-22(28-23(19)25-2)16-7-5-9-26-14-16/h4-9,11-14H,3,10H2,1-2H3,(H,25,27,28). The molecule has 0 unspecified atom stereocenters. The average Bonchev–Trinajstić information content (AvgIpc) is 2.77. The second kappa shape index (κ2) is 8.22. The van der Waals surface area contributed by atoms with Crippen molar-refractivity contribution < 1.29 is 9.13 Å². The molecule has 1 N–H and O–H groups in total. The van der Waals surface area contributed by atoms with Crippen LogP contribution in [0.1, 0.15) is 13.3 Å². The fraction of sp³-hybridized carbons (Fsp3) is 0.174. The van der Waals surface area contributed by atoms with Gasteiger partial charge in [-0.3, -0.25) is 4.98 Å². The van der Waals surface area contributed by atoms with Crippen LogP contribution >= 0.6 is 0 Å². The molecule has 0 aliphatic heterocycles. The van der Waals surface area contributed by atoms with Crippen LogP contribution in [-0.2, 0) is 0 Å². The van der Waals surface area contributed by atoms with Gasteiger partial charge in [-0.25, -0.2) is 14.4 Å². The molecule has 4 rings (SSSR count). The number of fused-ring (bicyclic) bond motifs is 1. The van der Waals surface area contributed by atoms with Gasteiger partial charge in [0, 0.05) is 30.4 Å². The van der Waals surface area contributed by atoms with E-state index in [-0.39, 0.29) is 5.82 Å². The van der Waals surface area contributed by atoms with Crippen molar-refractivity contribution in [2.45, 2.75) is 13.3 Å². The highest BCUT2D eigenvalue weighted by Crippen LogP contribution is 2.36. The summed E-state index contributed by atoms with van der Waals surface area (Å²) in [5.74, 6) is 1.60. The molecule has 0 aliphatic rings. The second-order valence-corrected chi connectivity index (χ2v) is 6.62. The Hall–Kier alpha value is -3.54. The van der Waals surface area contributed by atoms with E-state index in [0.717, 1.165) is 28.5 Å². The summed E-state index contributed by atoms with van der Waals surface area (Å²) < 4.78 is 19.8. The monoisotopic (exact) mass is 388 g/mol. The van der Waals surface area contributed by atoms with Crippen molar-refractivity contribution in [3.63, 3.8) is 0 Å². The molecule has 0 fully saturated rings. The van der Waals surface area contributed by atoms with Gasteiger partial charge in [-0.1, -0.05) is 19.1 Å². The van der Waals surface area contributed by atoms with Crippen molar-refractivity contribution in [1.29, 1.82) is 0 Å². The third kappa shape index (κ3) is 3.87. The topological polar surface area (TPSA) is 59.9 Å². The molecule has 4 aromatic rings. The number of anilines is 1. The first kappa shape index (κ1) is 18.8. The summed E-state index contributed by atoms with van der Waals surface area (Å²) in [4.78, 5) is 13.6. The molecule has 5 nitrogen and oxygen atoms in total. The molecule has 0 bridgehead atoms. The number of halogens is 1. The molecule has 2 heterocycles. The van der Waals surface area contributed by atoms with Gasteiger partial charge in [-0.05, 0) is 53.9 Å². The molecule has 146 valence electrons. The maximum absolute atomic E-state index is 13.8. The zero-order chi connectivity index (χ0) is 20.2. The van der Waals surface area contributed by atoms with Gasteiger partial charge in [0.25, 0.3) is 0 Å².